The third-order valence-electron chi connectivity index (χ3n) is 4.86. The molecule has 0 spiro atoms. The summed E-state index contributed by atoms with van der Waals surface area (Å²) in [5.41, 5.74) is 3.19. The van der Waals surface area contributed by atoms with E-state index < -0.39 is 0 Å². The van der Waals surface area contributed by atoms with Crippen LogP contribution >= 0.6 is 11.3 Å². The summed E-state index contributed by atoms with van der Waals surface area (Å²) in [6, 6.07) is 8.81. The van der Waals surface area contributed by atoms with Gasteiger partial charge in [0.2, 0.25) is 0 Å². The van der Waals surface area contributed by atoms with Crippen LogP contribution in [0.5, 0.6) is 0 Å². The first-order valence-corrected chi connectivity index (χ1v) is 9.41. The number of H-pyrrole nitrogens is 1. The molecular formula is C18H19N5OS. The van der Waals surface area contributed by atoms with Gasteiger partial charge in [0.15, 0.2) is 5.65 Å². The lowest BCUT2D eigenvalue weighted by Gasteiger charge is -2.36. The average molecular weight is 353 g/mol. The first kappa shape index (κ1) is 14.9. The van der Waals surface area contributed by atoms with Gasteiger partial charge >= 0.3 is 0 Å². The third-order valence-corrected chi connectivity index (χ3v) is 5.71. The maximum Gasteiger partial charge on any atom is 0.272 e. The van der Waals surface area contributed by atoms with Crippen molar-refractivity contribution in [1.29, 1.82) is 0 Å². The molecule has 128 valence electrons. The van der Waals surface area contributed by atoms with Gasteiger partial charge in [0.25, 0.3) is 5.56 Å². The van der Waals surface area contributed by atoms with Gasteiger partial charge in [0.05, 0.1) is 15.7 Å². The Kier molecular flexibility index (Phi) is 3.17. The molecule has 0 radical (unpaired) electrons. The lowest BCUT2D eigenvalue weighted by atomic mass is 10.1. The van der Waals surface area contributed by atoms with Gasteiger partial charge in [0, 0.05) is 25.2 Å². The molecule has 4 aromatic rings. The van der Waals surface area contributed by atoms with Gasteiger partial charge < -0.3 is 15.2 Å². The molecule has 0 unspecified atom stereocenters. The third kappa shape index (κ3) is 2.26. The lowest BCUT2D eigenvalue weighted by Crippen LogP contribution is -2.54. The molecule has 0 aromatic carbocycles. The molecule has 1 saturated heterocycles. The number of piperazine rings is 1. The Bertz CT molecular complexity index is 1150. The molecule has 1 aliphatic rings. The van der Waals surface area contributed by atoms with Crippen LogP contribution in [0.2, 0.25) is 0 Å². The van der Waals surface area contributed by atoms with Crippen molar-refractivity contribution in [3.63, 3.8) is 0 Å². The second-order valence-corrected chi connectivity index (χ2v) is 7.85. The van der Waals surface area contributed by atoms with E-state index in [1.54, 1.807) is 11.3 Å². The maximum absolute atomic E-state index is 12.4. The predicted octanol–water partition coefficient (Wildman–Crippen LogP) is 2.58. The van der Waals surface area contributed by atoms with E-state index in [-0.39, 0.29) is 5.56 Å². The van der Waals surface area contributed by atoms with Crippen molar-refractivity contribution >= 4 is 44.1 Å². The van der Waals surface area contributed by atoms with Crippen LogP contribution < -0.4 is 15.8 Å². The summed E-state index contributed by atoms with van der Waals surface area (Å²) >= 11 is 1.64. The molecule has 0 bridgehead atoms. The molecule has 0 amide bonds. The summed E-state index contributed by atoms with van der Waals surface area (Å²) in [5.74, 6) is 0.957. The number of aromatic amines is 1. The van der Waals surface area contributed by atoms with Crippen molar-refractivity contribution in [3.05, 3.63) is 40.0 Å². The van der Waals surface area contributed by atoms with Crippen molar-refractivity contribution in [2.45, 2.75) is 25.9 Å². The Morgan fingerprint density at radius 2 is 1.96 bits per heavy atom. The molecule has 25 heavy (non-hydrogen) atoms. The minimum atomic E-state index is -0.0742. The number of rotatable bonds is 1. The molecule has 1 aliphatic heterocycles. The van der Waals surface area contributed by atoms with Crippen LogP contribution in [0.4, 0.5) is 5.82 Å². The Morgan fingerprint density at radius 1 is 1.16 bits per heavy atom. The van der Waals surface area contributed by atoms with Gasteiger partial charge in [-0.3, -0.25) is 9.20 Å². The zero-order valence-electron chi connectivity index (χ0n) is 14.1. The van der Waals surface area contributed by atoms with Crippen LogP contribution in [0.3, 0.4) is 0 Å². The van der Waals surface area contributed by atoms with Crippen molar-refractivity contribution < 1.29 is 0 Å². The number of aromatic nitrogens is 3. The van der Waals surface area contributed by atoms with Crippen LogP contribution in [-0.4, -0.2) is 39.5 Å². The highest BCUT2D eigenvalue weighted by Gasteiger charge is 2.22. The van der Waals surface area contributed by atoms with Crippen LogP contribution in [0.1, 0.15) is 13.8 Å². The molecule has 2 atom stereocenters. The fourth-order valence-corrected chi connectivity index (χ4v) is 4.71. The summed E-state index contributed by atoms with van der Waals surface area (Å²) in [4.78, 5) is 22.6. The van der Waals surface area contributed by atoms with Gasteiger partial charge in [-0.05, 0) is 43.5 Å². The van der Waals surface area contributed by atoms with E-state index in [0.717, 1.165) is 40.3 Å². The van der Waals surface area contributed by atoms with E-state index in [1.807, 2.05) is 28.0 Å². The van der Waals surface area contributed by atoms with Gasteiger partial charge in [-0.1, -0.05) is 0 Å². The van der Waals surface area contributed by atoms with Crippen LogP contribution in [-0.2, 0) is 0 Å². The molecule has 4 aromatic heterocycles. The molecular weight excluding hydrogens is 334 g/mol. The fraction of sp³-hybridized carbons (Fsp3) is 0.333. The van der Waals surface area contributed by atoms with E-state index >= 15 is 0 Å². The zero-order valence-corrected chi connectivity index (χ0v) is 14.9. The number of anilines is 1. The quantitative estimate of drug-likeness (QED) is 0.552. The van der Waals surface area contributed by atoms with E-state index in [4.69, 9.17) is 4.98 Å². The van der Waals surface area contributed by atoms with E-state index in [9.17, 15) is 4.79 Å². The molecule has 0 saturated carbocycles. The molecule has 6 nitrogen and oxygen atoms in total. The number of pyridine rings is 1. The highest BCUT2D eigenvalue weighted by Crippen LogP contribution is 2.27. The average Bonchev–Trinajstić information content (AvgIpc) is 3.15. The minimum absolute atomic E-state index is 0.0742. The summed E-state index contributed by atoms with van der Waals surface area (Å²) < 4.78 is 3.09. The van der Waals surface area contributed by atoms with Gasteiger partial charge in [-0.2, -0.15) is 0 Å². The molecule has 0 aliphatic carbocycles. The summed E-state index contributed by atoms with van der Waals surface area (Å²) in [6.45, 7) is 6.24. The highest BCUT2D eigenvalue weighted by molar-refractivity contribution is 7.17. The molecule has 1 fully saturated rings. The standard InChI is InChI=1S/C18H19N5OS/c1-10-8-22(9-11(2)19-10)16-4-3-12-17(21-16)23-13-5-6-25-15(13)7-14(23)18(24)20-12/h3-7,10-11,19H,8-9H2,1-2H3,(H,20,24)/t10-,11+. The maximum atomic E-state index is 12.4. The number of fused-ring (bicyclic) bond motifs is 5. The fourth-order valence-electron chi connectivity index (χ4n) is 3.90. The SMILES string of the molecule is C[C@@H]1CN(c2ccc3[nH]c(=O)c4cc5sccc5n4c3n2)C[C@H](C)N1. The largest absolute Gasteiger partial charge is 0.353 e. The van der Waals surface area contributed by atoms with Crippen molar-refractivity contribution in [3.8, 4) is 0 Å². The summed E-state index contributed by atoms with van der Waals surface area (Å²) in [6.07, 6.45) is 0. The lowest BCUT2D eigenvalue weighted by molar-refractivity contribution is 0.405. The van der Waals surface area contributed by atoms with Crippen LogP contribution in [0, 0.1) is 0 Å². The van der Waals surface area contributed by atoms with Crippen LogP contribution in [0.15, 0.2) is 34.4 Å². The van der Waals surface area contributed by atoms with Crippen LogP contribution in [0.25, 0.3) is 26.9 Å². The Hall–Kier alpha value is -2.38. The minimum Gasteiger partial charge on any atom is -0.353 e. The highest BCUT2D eigenvalue weighted by atomic mass is 32.1. The number of hydrogen-bond donors (Lipinski definition) is 2. The monoisotopic (exact) mass is 353 g/mol. The van der Waals surface area contributed by atoms with Crippen molar-refractivity contribution in [2.24, 2.45) is 0 Å². The van der Waals surface area contributed by atoms with Crippen molar-refractivity contribution in [1.82, 2.24) is 19.7 Å². The van der Waals surface area contributed by atoms with Gasteiger partial charge in [-0.25, -0.2) is 4.98 Å². The van der Waals surface area contributed by atoms with E-state index in [0.29, 0.717) is 17.6 Å². The molecule has 5 rings (SSSR count). The van der Waals surface area contributed by atoms with Gasteiger partial charge in [-0.15, -0.1) is 11.3 Å². The normalized spacial score (nSPS) is 21.6. The smallest absolute Gasteiger partial charge is 0.272 e. The van der Waals surface area contributed by atoms with E-state index in [1.165, 1.54) is 0 Å². The molecule has 2 N–H and O–H groups in total. The molecule has 5 heterocycles. The Morgan fingerprint density at radius 3 is 2.76 bits per heavy atom. The summed E-state index contributed by atoms with van der Waals surface area (Å²) in [7, 11) is 0. The molecule has 7 heteroatoms. The second kappa shape index (κ2) is 5.31. The number of nitrogens with one attached hydrogen (secondary N) is 2. The first-order chi connectivity index (χ1) is 12.1. The predicted molar refractivity (Wildman–Crippen MR) is 103 cm³/mol. The topological polar surface area (TPSA) is 65.4 Å². The summed E-state index contributed by atoms with van der Waals surface area (Å²) in [5, 5.41) is 5.60. The Balaban J connectivity index is 1.76. The van der Waals surface area contributed by atoms with Gasteiger partial charge in [0.1, 0.15) is 11.3 Å². The second-order valence-electron chi connectivity index (χ2n) is 6.90. The number of nitrogens with zero attached hydrogens (tertiary/aromatic N) is 3. The van der Waals surface area contributed by atoms with Crippen molar-refractivity contribution in [2.75, 3.05) is 18.0 Å². The first-order valence-electron chi connectivity index (χ1n) is 8.53. The number of hydrogen-bond acceptors (Lipinski definition) is 5. The zero-order chi connectivity index (χ0) is 17.1. The van der Waals surface area contributed by atoms with E-state index in [2.05, 4.69) is 35.1 Å². The number of thiophene rings is 1. The Labute approximate surface area is 148 Å².